The molecule has 0 unspecified atom stereocenters. The van der Waals surface area contributed by atoms with E-state index in [-0.39, 0.29) is 17.0 Å². The molecule has 0 N–H and O–H groups in total. The summed E-state index contributed by atoms with van der Waals surface area (Å²) in [6.07, 6.45) is 10.2. The normalized spacial score (nSPS) is 22.7. The highest BCUT2D eigenvalue weighted by atomic mass is 32.1. The van der Waals surface area contributed by atoms with Crippen LogP contribution in [0.25, 0.3) is 4.96 Å². The van der Waals surface area contributed by atoms with Crippen LogP contribution in [0.15, 0.2) is 22.6 Å². The number of thiazole rings is 1. The Hall–Kier alpha value is -1.69. The fourth-order valence-electron chi connectivity index (χ4n) is 4.00. The molecule has 4 rings (SSSR count). The SMILES string of the molecule is O=C(c1cnc2sccn2c1=O)N1CCC[C@H]1C1CCCC1. The number of fused-ring (bicyclic) bond motifs is 1. The third-order valence-electron chi connectivity index (χ3n) is 5.08. The van der Waals surface area contributed by atoms with Gasteiger partial charge in [-0.3, -0.25) is 14.0 Å². The first-order chi connectivity index (χ1) is 10.8. The first-order valence-electron chi connectivity index (χ1n) is 8.01. The van der Waals surface area contributed by atoms with Crippen LogP contribution in [0.4, 0.5) is 0 Å². The van der Waals surface area contributed by atoms with Crippen LogP contribution in [0.3, 0.4) is 0 Å². The number of hydrogen-bond donors (Lipinski definition) is 0. The average molecular weight is 317 g/mol. The lowest BCUT2D eigenvalue weighted by Gasteiger charge is -2.29. The smallest absolute Gasteiger partial charge is 0.271 e. The summed E-state index contributed by atoms with van der Waals surface area (Å²) in [7, 11) is 0. The van der Waals surface area contributed by atoms with Crippen molar-refractivity contribution in [1.82, 2.24) is 14.3 Å². The number of nitrogens with zero attached hydrogens (tertiary/aromatic N) is 3. The summed E-state index contributed by atoms with van der Waals surface area (Å²) < 4.78 is 1.47. The highest BCUT2D eigenvalue weighted by Gasteiger charge is 2.37. The van der Waals surface area contributed by atoms with E-state index in [0.29, 0.717) is 16.9 Å². The minimum absolute atomic E-state index is 0.132. The molecule has 6 heteroatoms. The highest BCUT2D eigenvalue weighted by molar-refractivity contribution is 7.15. The van der Waals surface area contributed by atoms with Crippen LogP contribution in [0.1, 0.15) is 48.9 Å². The van der Waals surface area contributed by atoms with Crippen molar-refractivity contribution in [3.63, 3.8) is 0 Å². The van der Waals surface area contributed by atoms with E-state index in [2.05, 4.69) is 4.98 Å². The lowest BCUT2D eigenvalue weighted by molar-refractivity contribution is 0.0686. The summed E-state index contributed by atoms with van der Waals surface area (Å²) in [6.45, 7) is 0.770. The molecule has 2 aromatic rings. The van der Waals surface area contributed by atoms with Crippen LogP contribution < -0.4 is 5.56 Å². The zero-order valence-electron chi connectivity index (χ0n) is 12.4. The largest absolute Gasteiger partial charge is 0.335 e. The van der Waals surface area contributed by atoms with Gasteiger partial charge in [0.05, 0.1) is 0 Å². The van der Waals surface area contributed by atoms with Crippen molar-refractivity contribution in [3.05, 3.63) is 33.7 Å². The Balaban J connectivity index is 1.67. The van der Waals surface area contributed by atoms with E-state index in [9.17, 15) is 9.59 Å². The predicted molar refractivity (Wildman–Crippen MR) is 85.4 cm³/mol. The second-order valence-corrected chi connectivity index (χ2v) is 7.16. The van der Waals surface area contributed by atoms with Crippen molar-refractivity contribution in [2.45, 2.75) is 44.6 Å². The summed E-state index contributed by atoms with van der Waals surface area (Å²) in [5, 5.41) is 1.81. The quantitative estimate of drug-likeness (QED) is 0.855. The third-order valence-corrected chi connectivity index (χ3v) is 5.85. The van der Waals surface area contributed by atoms with E-state index < -0.39 is 0 Å². The van der Waals surface area contributed by atoms with Crippen LogP contribution in [0.5, 0.6) is 0 Å². The van der Waals surface area contributed by atoms with E-state index in [1.165, 1.54) is 47.6 Å². The maximum absolute atomic E-state index is 12.9. The van der Waals surface area contributed by atoms with Gasteiger partial charge in [-0.15, -0.1) is 11.3 Å². The van der Waals surface area contributed by atoms with Gasteiger partial charge in [0.1, 0.15) is 5.56 Å². The number of amides is 1. The van der Waals surface area contributed by atoms with Gasteiger partial charge in [0, 0.05) is 30.4 Å². The summed E-state index contributed by atoms with van der Waals surface area (Å²) >= 11 is 1.40. The molecule has 116 valence electrons. The molecule has 1 atom stereocenters. The molecule has 5 nitrogen and oxygen atoms in total. The predicted octanol–water partition coefficient (Wildman–Crippen LogP) is 2.55. The topological polar surface area (TPSA) is 54.7 Å². The zero-order chi connectivity index (χ0) is 15.1. The summed E-state index contributed by atoms with van der Waals surface area (Å²) in [5.74, 6) is 0.486. The van der Waals surface area contributed by atoms with Crippen molar-refractivity contribution in [2.24, 2.45) is 5.92 Å². The Morgan fingerprint density at radius 2 is 2.05 bits per heavy atom. The van der Waals surface area contributed by atoms with E-state index in [4.69, 9.17) is 0 Å². The van der Waals surface area contributed by atoms with Crippen molar-refractivity contribution < 1.29 is 4.79 Å². The molecule has 2 fully saturated rings. The number of carbonyl (C=O) groups is 1. The lowest BCUT2D eigenvalue weighted by Crippen LogP contribution is -2.41. The molecule has 1 amide bonds. The fraction of sp³-hybridized carbons (Fsp3) is 0.562. The van der Waals surface area contributed by atoms with E-state index >= 15 is 0 Å². The Labute approximate surface area is 132 Å². The molecule has 2 aliphatic rings. The second kappa shape index (κ2) is 5.50. The first kappa shape index (κ1) is 13.9. The van der Waals surface area contributed by atoms with E-state index in [1.807, 2.05) is 10.3 Å². The molecule has 22 heavy (non-hydrogen) atoms. The van der Waals surface area contributed by atoms with Gasteiger partial charge in [-0.1, -0.05) is 12.8 Å². The number of aromatic nitrogens is 2. The van der Waals surface area contributed by atoms with Crippen molar-refractivity contribution in [3.8, 4) is 0 Å². The molecular weight excluding hydrogens is 298 g/mol. The lowest BCUT2D eigenvalue weighted by atomic mass is 9.96. The van der Waals surface area contributed by atoms with Crippen LogP contribution in [-0.2, 0) is 0 Å². The maximum Gasteiger partial charge on any atom is 0.271 e. The molecular formula is C16H19N3O2S. The Morgan fingerprint density at radius 1 is 1.23 bits per heavy atom. The van der Waals surface area contributed by atoms with Gasteiger partial charge in [-0.05, 0) is 31.6 Å². The van der Waals surface area contributed by atoms with Crippen molar-refractivity contribution in [2.75, 3.05) is 6.54 Å². The minimum atomic E-state index is -0.242. The second-order valence-electron chi connectivity index (χ2n) is 6.29. The number of rotatable bonds is 2. The molecule has 0 bridgehead atoms. The summed E-state index contributed by atoms with van der Waals surface area (Å²) in [6, 6.07) is 0.317. The van der Waals surface area contributed by atoms with E-state index in [1.54, 1.807) is 6.20 Å². The molecule has 0 radical (unpaired) electrons. The molecule has 1 aliphatic carbocycles. The van der Waals surface area contributed by atoms with Crippen molar-refractivity contribution >= 4 is 22.2 Å². The number of likely N-dealkylation sites (tertiary alicyclic amines) is 1. The molecule has 1 saturated heterocycles. The third kappa shape index (κ3) is 2.17. The Bertz CT molecular complexity index is 760. The summed E-state index contributed by atoms with van der Waals surface area (Å²) in [4.78, 5) is 32.2. The van der Waals surface area contributed by atoms with Gasteiger partial charge >= 0.3 is 0 Å². The van der Waals surface area contributed by atoms with Gasteiger partial charge in [0.25, 0.3) is 11.5 Å². The Morgan fingerprint density at radius 3 is 2.86 bits per heavy atom. The van der Waals surface area contributed by atoms with Crippen LogP contribution in [0.2, 0.25) is 0 Å². The van der Waals surface area contributed by atoms with Crippen LogP contribution in [-0.4, -0.2) is 32.8 Å². The molecule has 0 spiro atoms. The maximum atomic E-state index is 12.9. The molecule has 0 aromatic carbocycles. The van der Waals surface area contributed by atoms with E-state index in [0.717, 1.165) is 19.4 Å². The average Bonchev–Trinajstić information content (AvgIpc) is 3.26. The number of hydrogen-bond acceptors (Lipinski definition) is 4. The fourth-order valence-corrected chi connectivity index (χ4v) is 4.68. The van der Waals surface area contributed by atoms with Gasteiger partial charge in [0.2, 0.25) is 0 Å². The van der Waals surface area contributed by atoms with Crippen molar-refractivity contribution in [1.29, 1.82) is 0 Å². The standard InChI is InChI=1S/C16H19N3O2S/c20-14(12-10-17-16-19(15(12)21)8-9-22-16)18-7-3-6-13(18)11-4-1-2-5-11/h8-11,13H,1-7H2/t13-/m0/s1. The summed E-state index contributed by atoms with van der Waals surface area (Å²) in [5.41, 5.74) is -0.0332. The zero-order valence-corrected chi connectivity index (χ0v) is 13.2. The molecule has 1 aliphatic heterocycles. The van der Waals surface area contributed by atoms with Gasteiger partial charge in [-0.2, -0.15) is 0 Å². The highest BCUT2D eigenvalue weighted by Crippen LogP contribution is 2.35. The van der Waals surface area contributed by atoms with Gasteiger partial charge in [-0.25, -0.2) is 4.98 Å². The van der Waals surface area contributed by atoms with Crippen LogP contribution >= 0.6 is 11.3 Å². The molecule has 2 aromatic heterocycles. The first-order valence-corrected chi connectivity index (χ1v) is 8.89. The number of carbonyl (C=O) groups excluding carboxylic acids is 1. The monoisotopic (exact) mass is 317 g/mol. The van der Waals surface area contributed by atoms with Crippen LogP contribution in [0, 0.1) is 5.92 Å². The van der Waals surface area contributed by atoms with Gasteiger partial charge < -0.3 is 4.90 Å². The van der Waals surface area contributed by atoms with Gasteiger partial charge in [0.15, 0.2) is 4.96 Å². The minimum Gasteiger partial charge on any atom is -0.335 e. The Kier molecular flexibility index (Phi) is 3.48. The molecule has 3 heterocycles. The molecule has 1 saturated carbocycles.